The molecule has 0 unspecified atom stereocenters. The molecule has 0 bridgehead atoms. The van der Waals surface area contributed by atoms with E-state index < -0.39 is 5.54 Å². The van der Waals surface area contributed by atoms with Gasteiger partial charge in [-0.1, -0.05) is 19.9 Å². The summed E-state index contributed by atoms with van der Waals surface area (Å²) in [5, 5.41) is 3.03. The lowest BCUT2D eigenvalue weighted by Crippen LogP contribution is -2.60. The Kier molecular flexibility index (Phi) is 5.63. The first-order valence-electron chi connectivity index (χ1n) is 8.34. The second-order valence-corrected chi connectivity index (χ2v) is 7.12. The summed E-state index contributed by atoms with van der Waals surface area (Å²) in [4.78, 5) is 16.8. The van der Waals surface area contributed by atoms with Crippen LogP contribution in [0.5, 0.6) is 0 Å². The van der Waals surface area contributed by atoms with E-state index in [2.05, 4.69) is 29.0 Å². The lowest BCUT2D eigenvalue weighted by atomic mass is 9.99. The van der Waals surface area contributed by atoms with Gasteiger partial charge < -0.3 is 10.2 Å². The van der Waals surface area contributed by atoms with E-state index in [-0.39, 0.29) is 11.7 Å². The summed E-state index contributed by atoms with van der Waals surface area (Å²) in [6, 6.07) is 6.69. The average molecular weight is 321 g/mol. The van der Waals surface area contributed by atoms with Crippen LogP contribution in [0.1, 0.15) is 27.7 Å². The van der Waals surface area contributed by atoms with Crippen LogP contribution in [0, 0.1) is 11.7 Å². The van der Waals surface area contributed by atoms with Gasteiger partial charge in [-0.25, -0.2) is 4.39 Å². The molecule has 0 aromatic heterocycles. The van der Waals surface area contributed by atoms with E-state index in [0.717, 1.165) is 31.9 Å². The highest BCUT2D eigenvalue weighted by atomic mass is 19.1. The van der Waals surface area contributed by atoms with Crippen LogP contribution in [0.25, 0.3) is 0 Å². The van der Waals surface area contributed by atoms with Crippen LogP contribution in [-0.4, -0.2) is 49.1 Å². The first-order valence-corrected chi connectivity index (χ1v) is 8.34. The molecule has 0 atom stereocenters. The molecular weight excluding hydrogens is 293 g/mol. The lowest BCUT2D eigenvalue weighted by molar-refractivity contribution is -0.132. The molecule has 1 amide bonds. The van der Waals surface area contributed by atoms with Crippen LogP contribution in [0.15, 0.2) is 24.3 Å². The number of nitrogens with one attached hydrogen (secondary N) is 1. The maximum Gasteiger partial charge on any atom is 0.239 e. The predicted octanol–water partition coefficient (Wildman–Crippen LogP) is 2.50. The first-order chi connectivity index (χ1) is 10.8. The van der Waals surface area contributed by atoms with Gasteiger partial charge in [0.15, 0.2) is 0 Å². The molecule has 4 nitrogen and oxygen atoms in total. The summed E-state index contributed by atoms with van der Waals surface area (Å²) in [5.41, 5.74) is 0.384. The highest BCUT2D eigenvalue weighted by Crippen LogP contribution is 2.22. The Morgan fingerprint density at radius 3 is 2.48 bits per heavy atom. The molecule has 23 heavy (non-hydrogen) atoms. The van der Waals surface area contributed by atoms with E-state index >= 15 is 0 Å². The maximum absolute atomic E-state index is 13.4. The number of hydrogen-bond donors (Lipinski definition) is 1. The van der Waals surface area contributed by atoms with Crippen LogP contribution in [-0.2, 0) is 4.79 Å². The third-order valence-corrected chi connectivity index (χ3v) is 4.47. The minimum absolute atomic E-state index is 0.0744. The van der Waals surface area contributed by atoms with E-state index in [1.807, 2.05) is 19.9 Å². The van der Waals surface area contributed by atoms with Crippen molar-refractivity contribution in [3.8, 4) is 0 Å². The van der Waals surface area contributed by atoms with Gasteiger partial charge >= 0.3 is 0 Å². The van der Waals surface area contributed by atoms with Crippen LogP contribution < -0.4 is 10.2 Å². The zero-order valence-corrected chi connectivity index (χ0v) is 14.6. The number of rotatable bonds is 5. The molecule has 0 radical (unpaired) electrons. The molecule has 1 aromatic carbocycles. The average Bonchev–Trinajstić information content (AvgIpc) is 2.52. The van der Waals surface area contributed by atoms with Gasteiger partial charge in [0.1, 0.15) is 5.82 Å². The molecule has 0 saturated carbocycles. The Hall–Kier alpha value is -1.62. The standard InChI is InChI=1S/C18H28FN3O/c1-14(2)13-20-17(23)18(3,4)22-10-8-21(9-11-22)16-7-5-6-15(19)12-16/h5-7,12,14H,8-11,13H2,1-4H3,(H,20,23). The number of carbonyl (C=O) groups excluding carboxylic acids is 1. The minimum Gasteiger partial charge on any atom is -0.369 e. The van der Waals surface area contributed by atoms with E-state index in [1.54, 1.807) is 12.1 Å². The fraction of sp³-hybridized carbons (Fsp3) is 0.611. The number of nitrogens with zero attached hydrogens (tertiary/aromatic N) is 2. The van der Waals surface area contributed by atoms with Gasteiger partial charge in [-0.05, 0) is 38.0 Å². The van der Waals surface area contributed by atoms with Gasteiger partial charge in [-0.2, -0.15) is 0 Å². The molecule has 5 heteroatoms. The van der Waals surface area contributed by atoms with Crippen molar-refractivity contribution in [3.05, 3.63) is 30.1 Å². The molecule has 128 valence electrons. The van der Waals surface area contributed by atoms with Crippen molar-refractivity contribution < 1.29 is 9.18 Å². The number of hydrogen-bond acceptors (Lipinski definition) is 3. The van der Waals surface area contributed by atoms with Gasteiger partial charge in [-0.15, -0.1) is 0 Å². The number of carbonyl (C=O) groups is 1. The highest BCUT2D eigenvalue weighted by Gasteiger charge is 2.36. The second kappa shape index (κ2) is 7.30. The van der Waals surface area contributed by atoms with Crippen molar-refractivity contribution in [1.82, 2.24) is 10.2 Å². The zero-order chi connectivity index (χ0) is 17.0. The summed E-state index contributed by atoms with van der Waals surface area (Å²) >= 11 is 0. The Morgan fingerprint density at radius 2 is 1.91 bits per heavy atom. The smallest absolute Gasteiger partial charge is 0.239 e. The maximum atomic E-state index is 13.4. The van der Waals surface area contributed by atoms with E-state index in [1.165, 1.54) is 6.07 Å². The molecule has 1 saturated heterocycles. The summed E-state index contributed by atoms with van der Waals surface area (Å²) in [6.45, 7) is 12.0. The summed E-state index contributed by atoms with van der Waals surface area (Å²) in [7, 11) is 0. The Bertz CT molecular complexity index is 537. The molecule has 1 aliphatic heterocycles. The van der Waals surface area contributed by atoms with Crippen molar-refractivity contribution in [2.24, 2.45) is 5.92 Å². The third kappa shape index (κ3) is 4.44. The summed E-state index contributed by atoms with van der Waals surface area (Å²) < 4.78 is 13.4. The number of halogens is 1. The number of piperazine rings is 1. The van der Waals surface area contributed by atoms with Crippen LogP contribution >= 0.6 is 0 Å². The fourth-order valence-electron chi connectivity index (χ4n) is 2.85. The van der Waals surface area contributed by atoms with Crippen LogP contribution in [0.2, 0.25) is 0 Å². The molecule has 0 aliphatic carbocycles. The van der Waals surface area contributed by atoms with Crippen LogP contribution in [0.4, 0.5) is 10.1 Å². The first kappa shape index (κ1) is 17.7. The summed E-state index contributed by atoms with van der Waals surface area (Å²) in [6.07, 6.45) is 0. The largest absolute Gasteiger partial charge is 0.369 e. The Morgan fingerprint density at radius 1 is 1.26 bits per heavy atom. The van der Waals surface area contributed by atoms with Gasteiger partial charge in [0, 0.05) is 38.4 Å². The second-order valence-electron chi connectivity index (χ2n) is 7.12. The predicted molar refractivity (Wildman–Crippen MR) is 92.1 cm³/mol. The van der Waals surface area contributed by atoms with Crippen molar-refractivity contribution in [3.63, 3.8) is 0 Å². The molecule has 1 aromatic rings. The fourth-order valence-corrected chi connectivity index (χ4v) is 2.85. The van der Waals surface area contributed by atoms with Gasteiger partial charge in [-0.3, -0.25) is 9.69 Å². The van der Waals surface area contributed by atoms with Gasteiger partial charge in [0.25, 0.3) is 0 Å². The molecule has 0 spiro atoms. The van der Waals surface area contributed by atoms with E-state index in [9.17, 15) is 9.18 Å². The Balaban J connectivity index is 1.93. The molecule has 1 fully saturated rings. The van der Waals surface area contributed by atoms with E-state index in [0.29, 0.717) is 12.5 Å². The SMILES string of the molecule is CC(C)CNC(=O)C(C)(C)N1CCN(c2cccc(F)c2)CC1. The molecule has 2 rings (SSSR count). The normalized spacial score (nSPS) is 16.7. The minimum atomic E-state index is -0.525. The van der Waals surface area contributed by atoms with Gasteiger partial charge in [0.05, 0.1) is 5.54 Å². The topological polar surface area (TPSA) is 35.6 Å². The lowest BCUT2D eigenvalue weighted by Gasteiger charge is -2.43. The molecular formula is C18H28FN3O. The highest BCUT2D eigenvalue weighted by molar-refractivity contribution is 5.85. The van der Waals surface area contributed by atoms with Crippen molar-refractivity contribution in [2.45, 2.75) is 33.2 Å². The third-order valence-electron chi connectivity index (χ3n) is 4.47. The van der Waals surface area contributed by atoms with Crippen molar-refractivity contribution >= 4 is 11.6 Å². The van der Waals surface area contributed by atoms with Crippen LogP contribution in [0.3, 0.4) is 0 Å². The Labute approximate surface area is 138 Å². The van der Waals surface area contributed by atoms with Crippen molar-refractivity contribution in [2.75, 3.05) is 37.6 Å². The monoisotopic (exact) mass is 321 g/mol. The van der Waals surface area contributed by atoms with Crippen molar-refractivity contribution in [1.29, 1.82) is 0 Å². The van der Waals surface area contributed by atoms with Gasteiger partial charge in [0.2, 0.25) is 5.91 Å². The molecule has 1 N–H and O–H groups in total. The number of amides is 1. The van der Waals surface area contributed by atoms with E-state index in [4.69, 9.17) is 0 Å². The quantitative estimate of drug-likeness (QED) is 0.905. The molecule has 1 aliphatic rings. The number of benzene rings is 1. The summed E-state index contributed by atoms with van der Waals surface area (Å²) in [5.74, 6) is 0.309. The number of anilines is 1. The molecule has 1 heterocycles. The zero-order valence-electron chi connectivity index (χ0n) is 14.6.